The van der Waals surface area contributed by atoms with E-state index in [0.29, 0.717) is 17.7 Å². The molecule has 2 aromatic rings. The van der Waals surface area contributed by atoms with Crippen LogP contribution >= 0.6 is 11.6 Å². The van der Waals surface area contributed by atoms with Crippen molar-refractivity contribution in [3.05, 3.63) is 70.3 Å². The third-order valence-corrected chi connectivity index (χ3v) is 4.90. The Bertz CT molecular complexity index is 957. The largest absolute Gasteiger partial charge is 0.417 e. The van der Waals surface area contributed by atoms with Gasteiger partial charge in [-0.25, -0.2) is 0 Å². The minimum Gasteiger partial charge on any atom is -0.369 e. The Morgan fingerprint density at radius 2 is 1.89 bits per heavy atom. The van der Waals surface area contributed by atoms with Crippen molar-refractivity contribution < 1.29 is 22.8 Å². The van der Waals surface area contributed by atoms with Crippen molar-refractivity contribution in [2.45, 2.75) is 18.5 Å². The number of nitrogens with zero attached hydrogens (tertiary/aromatic N) is 1. The van der Waals surface area contributed by atoms with E-state index in [0.717, 1.165) is 12.1 Å². The number of anilines is 1. The lowest BCUT2D eigenvalue weighted by Crippen LogP contribution is -2.38. The molecule has 2 aromatic carbocycles. The van der Waals surface area contributed by atoms with E-state index in [9.17, 15) is 22.8 Å². The van der Waals surface area contributed by atoms with Crippen LogP contribution in [0.15, 0.2) is 48.5 Å². The van der Waals surface area contributed by atoms with Gasteiger partial charge in [-0.2, -0.15) is 13.2 Å². The number of carbonyl (C=O) groups is 2. The van der Waals surface area contributed by atoms with Crippen molar-refractivity contribution in [1.29, 1.82) is 0 Å². The SMILES string of the molecule is NC(=O)C1CCN(C(=O)/C=C/c2ccc(Cl)c(C(F)(F)F)c2)c2ccccc21. The monoisotopic (exact) mass is 408 g/mol. The minimum atomic E-state index is -4.58. The summed E-state index contributed by atoms with van der Waals surface area (Å²) in [6.07, 6.45) is -1.70. The summed E-state index contributed by atoms with van der Waals surface area (Å²) in [6, 6.07) is 10.4. The zero-order valence-electron chi connectivity index (χ0n) is 14.5. The molecule has 1 aliphatic heterocycles. The number of benzene rings is 2. The lowest BCUT2D eigenvalue weighted by molar-refractivity contribution is -0.137. The zero-order chi connectivity index (χ0) is 20.5. The zero-order valence-corrected chi connectivity index (χ0v) is 15.3. The fraction of sp³-hybridized carbons (Fsp3) is 0.200. The number of nitrogens with two attached hydrogens (primary N) is 1. The number of alkyl halides is 3. The van der Waals surface area contributed by atoms with Gasteiger partial charge >= 0.3 is 6.18 Å². The topological polar surface area (TPSA) is 63.4 Å². The quantitative estimate of drug-likeness (QED) is 0.766. The van der Waals surface area contributed by atoms with Crippen LogP contribution in [0, 0.1) is 0 Å². The molecule has 8 heteroatoms. The molecule has 0 bridgehead atoms. The van der Waals surface area contributed by atoms with E-state index in [1.165, 1.54) is 23.1 Å². The van der Waals surface area contributed by atoms with Gasteiger partial charge in [-0.3, -0.25) is 9.59 Å². The molecule has 0 fully saturated rings. The molecule has 28 heavy (non-hydrogen) atoms. The summed E-state index contributed by atoms with van der Waals surface area (Å²) >= 11 is 5.60. The molecule has 0 saturated carbocycles. The molecule has 146 valence electrons. The number of fused-ring (bicyclic) bond motifs is 1. The third-order valence-electron chi connectivity index (χ3n) is 4.57. The van der Waals surface area contributed by atoms with Gasteiger partial charge in [-0.15, -0.1) is 0 Å². The van der Waals surface area contributed by atoms with E-state index in [2.05, 4.69) is 0 Å². The van der Waals surface area contributed by atoms with Gasteiger partial charge in [0.2, 0.25) is 5.91 Å². The minimum absolute atomic E-state index is 0.199. The smallest absolute Gasteiger partial charge is 0.369 e. The molecule has 1 heterocycles. The summed E-state index contributed by atoms with van der Waals surface area (Å²) in [6.45, 7) is 0.280. The van der Waals surface area contributed by atoms with Crippen LogP contribution < -0.4 is 10.6 Å². The van der Waals surface area contributed by atoms with Crippen LogP contribution in [0.1, 0.15) is 29.0 Å². The van der Waals surface area contributed by atoms with Gasteiger partial charge in [-0.05, 0) is 41.8 Å². The van der Waals surface area contributed by atoms with Gasteiger partial charge in [0, 0.05) is 18.3 Å². The van der Waals surface area contributed by atoms with Gasteiger partial charge < -0.3 is 10.6 Å². The summed E-state index contributed by atoms with van der Waals surface area (Å²) in [4.78, 5) is 25.8. The fourth-order valence-electron chi connectivity index (χ4n) is 3.21. The van der Waals surface area contributed by atoms with Crippen molar-refractivity contribution in [3.8, 4) is 0 Å². The molecular formula is C20H16ClF3N2O2. The van der Waals surface area contributed by atoms with Gasteiger partial charge in [0.25, 0.3) is 5.91 Å². The second kappa shape index (κ2) is 7.67. The molecule has 0 aromatic heterocycles. The Kier molecular flexibility index (Phi) is 5.47. The number of carbonyl (C=O) groups excluding carboxylic acids is 2. The number of para-hydroxylation sites is 1. The molecule has 0 saturated heterocycles. The van der Waals surface area contributed by atoms with Crippen LogP contribution in [0.5, 0.6) is 0 Å². The van der Waals surface area contributed by atoms with E-state index in [4.69, 9.17) is 17.3 Å². The summed E-state index contributed by atoms with van der Waals surface area (Å²) in [5.41, 5.74) is 5.91. The summed E-state index contributed by atoms with van der Waals surface area (Å²) in [5, 5.41) is -0.404. The first kappa shape index (κ1) is 19.9. The Balaban J connectivity index is 1.86. The molecule has 2 N–H and O–H groups in total. The maximum Gasteiger partial charge on any atom is 0.417 e. The van der Waals surface area contributed by atoms with Crippen LogP contribution in [-0.2, 0) is 15.8 Å². The summed E-state index contributed by atoms with van der Waals surface area (Å²) in [7, 11) is 0. The van der Waals surface area contributed by atoms with Crippen LogP contribution in [0.25, 0.3) is 6.08 Å². The van der Waals surface area contributed by atoms with E-state index >= 15 is 0 Å². The molecule has 4 nitrogen and oxygen atoms in total. The van der Waals surface area contributed by atoms with Crippen molar-refractivity contribution in [2.75, 3.05) is 11.4 Å². The van der Waals surface area contributed by atoms with E-state index < -0.39 is 34.5 Å². The number of rotatable bonds is 3. The molecular weight excluding hydrogens is 393 g/mol. The third kappa shape index (κ3) is 4.04. The maximum absolute atomic E-state index is 13.0. The highest BCUT2D eigenvalue weighted by Gasteiger charge is 2.33. The first-order valence-electron chi connectivity index (χ1n) is 8.43. The van der Waals surface area contributed by atoms with Crippen molar-refractivity contribution in [2.24, 2.45) is 5.73 Å². The summed E-state index contributed by atoms with van der Waals surface area (Å²) in [5.74, 6) is -1.34. The predicted octanol–water partition coefficient (Wildman–Crippen LogP) is 4.38. The molecule has 1 unspecified atom stereocenters. The molecule has 0 aliphatic carbocycles. The second-order valence-electron chi connectivity index (χ2n) is 6.36. The van der Waals surface area contributed by atoms with Crippen LogP contribution in [0.4, 0.5) is 18.9 Å². The van der Waals surface area contributed by atoms with Gasteiger partial charge in [-0.1, -0.05) is 35.9 Å². The molecule has 0 radical (unpaired) electrons. The van der Waals surface area contributed by atoms with Crippen molar-refractivity contribution in [1.82, 2.24) is 0 Å². The van der Waals surface area contributed by atoms with Gasteiger partial charge in [0.15, 0.2) is 0 Å². The first-order valence-corrected chi connectivity index (χ1v) is 8.81. The number of halogens is 4. The number of hydrogen-bond acceptors (Lipinski definition) is 2. The van der Waals surface area contributed by atoms with E-state index in [1.807, 2.05) is 0 Å². The van der Waals surface area contributed by atoms with Gasteiger partial charge in [0.1, 0.15) is 0 Å². The Morgan fingerprint density at radius 3 is 2.57 bits per heavy atom. The molecule has 3 rings (SSSR count). The average molecular weight is 409 g/mol. The predicted molar refractivity (Wildman–Crippen MR) is 101 cm³/mol. The van der Waals surface area contributed by atoms with E-state index in [1.54, 1.807) is 24.3 Å². The maximum atomic E-state index is 13.0. The highest BCUT2D eigenvalue weighted by Crippen LogP contribution is 2.36. The fourth-order valence-corrected chi connectivity index (χ4v) is 3.43. The number of hydrogen-bond donors (Lipinski definition) is 1. The Hall–Kier alpha value is -2.80. The number of amides is 2. The molecule has 1 aliphatic rings. The normalized spacial score (nSPS) is 16.9. The molecule has 0 spiro atoms. The first-order chi connectivity index (χ1) is 13.2. The van der Waals surface area contributed by atoms with Crippen LogP contribution in [-0.4, -0.2) is 18.4 Å². The van der Waals surface area contributed by atoms with Crippen LogP contribution in [0.3, 0.4) is 0 Å². The lowest BCUT2D eigenvalue weighted by Gasteiger charge is -2.32. The number of primary amides is 1. The Morgan fingerprint density at radius 1 is 1.18 bits per heavy atom. The van der Waals surface area contributed by atoms with E-state index in [-0.39, 0.29) is 12.1 Å². The van der Waals surface area contributed by atoms with Gasteiger partial charge in [0.05, 0.1) is 16.5 Å². The van der Waals surface area contributed by atoms with Crippen molar-refractivity contribution in [3.63, 3.8) is 0 Å². The van der Waals surface area contributed by atoms with Crippen molar-refractivity contribution >= 4 is 35.2 Å². The Labute approximate surface area is 164 Å². The second-order valence-corrected chi connectivity index (χ2v) is 6.77. The average Bonchev–Trinajstić information content (AvgIpc) is 2.65. The highest BCUT2D eigenvalue weighted by atomic mass is 35.5. The van der Waals surface area contributed by atoms with Crippen LogP contribution in [0.2, 0.25) is 5.02 Å². The molecule has 1 atom stereocenters. The highest BCUT2D eigenvalue weighted by molar-refractivity contribution is 6.31. The lowest BCUT2D eigenvalue weighted by atomic mass is 9.89. The summed E-state index contributed by atoms with van der Waals surface area (Å²) < 4.78 is 38.9. The molecule has 2 amide bonds. The standard InChI is InChI=1S/C20H16ClF3N2O2/c21-16-7-5-12(11-15(16)20(22,23)24)6-8-18(27)26-10-9-14(19(25)28)13-3-1-2-4-17(13)26/h1-8,11,14H,9-10H2,(H2,25,28)/b8-6+.